The van der Waals surface area contributed by atoms with Crippen molar-refractivity contribution in [2.45, 2.75) is 23.7 Å². The van der Waals surface area contributed by atoms with E-state index in [1.807, 2.05) is 0 Å². The van der Waals surface area contributed by atoms with E-state index in [-0.39, 0.29) is 10.8 Å². The molecule has 7 nitrogen and oxygen atoms in total. The molecule has 0 bridgehead atoms. The van der Waals surface area contributed by atoms with Gasteiger partial charge in [0, 0.05) is 17.3 Å². The lowest BCUT2D eigenvalue weighted by molar-refractivity contribution is -0.139. The van der Waals surface area contributed by atoms with Crippen LogP contribution in [0.3, 0.4) is 0 Å². The van der Waals surface area contributed by atoms with Crippen molar-refractivity contribution in [2.24, 2.45) is 0 Å². The number of carboxylic acids is 1. The Kier molecular flexibility index (Phi) is 4.21. The monoisotopic (exact) mass is 315 g/mol. The Hall–Kier alpha value is -1.71. The molecular formula is C11H13N3O4S2. The summed E-state index contributed by atoms with van der Waals surface area (Å²) in [5, 5.41) is 13.0. The van der Waals surface area contributed by atoms with Gasteiger partial charge in [-0.25, -0.2) is 8.42 Å². The highest BCUT2D eigenvalue weighted by atomic mass is 32.2. The van der Waals surface area contributed by atoms with Crippen molar-refractivity contribution in [1.29, 1.82) is 0 Å². The molecule has 0 aliphatic heterocycles. The van der Waals surface area contributed by atoms with E-state index in [1.54, 1.807) is 25.3 Å². The SMILES string of the molecule is Cc1ccc(S(=O)(=O)NC(Cn2cccn2)C(=O)O)s1. The van der Waals surface area contributed by atoms with Crippen LogP contribution in [-0.4, -0.2) is 35.3 Å². The molecule has 1 unspecified atom stereocenters. The minimum atomic E-state index is -3.84. The van der Waals surface area contributed by atoms with Gasteiger partial charge in [-0.15, -0.1) is 11.3 Å². The molecule has 1 atom stereocenters. The van der Waals surface area contributed by atoms with Crippen LogP contribution in [0, 0.1) is 6.92 Å². The van der Waals surface area contributed by atoms with Crippen molar-refractivity contribution in [3.05, 3.63) is 35.5 Å². The van der Waals surface area contributed by atoms with Crippen LogP contribution in [-0.2, 0) is 21.4 Å². The summed E-state index contributed by atoms with van der Waals surface area (Å²) in [6, 6.07) is 3.48. The van der Waals surface area contributed by atoms with Crippen LogP contribution in [0.1, 0.15) is 4.88 Å². The second-order valence-electron chi connectivity index (χ2n) is 4.11. The summed E-state index contributed by atoms with van der Waals surface area (Å²) in [4.78, 5) is 12.0. The summed E-state index contributed by atoms with van der Waals surface area (Å²) in [7, 11) is -3.84. The molecule has 9 heteroatoms. The Morgan fingerprint density at radius 3 is 2.80 bits per heavy atom. The molecule has 2 aromatic heterocycles. The number of nitrogens with one attached hydrogen (secondary N) is 1. The third-order valence-electron chi connectivity index (χ3n) is 2.50. The molecule has 0 saturated heterocycles. The van der Waals surface area contributed by atoms with Gasteiger partial charge < -0.3 is 5.11 Å². The Morgan fingerprint density at radius 1 is 1.55 bits per heavy atom. The quantitative estimate of drug-likeness (QED) is 0.816. The standard InChI is InChI=1S/C11H13N3O4S2/c1-8-3-4-10(19-8)20(17,18)13-9(11(15)16)7-14-6-2-5-12-14/h2-6,9,13H,7H2,1H3,(H,15,16). The fraction of sp³-hybridized carbons (Fsp3) is 0.273. The topological polar surface area (TPSA) is 101 Å². The van der Waals surface area contributed by atoms with Crippen LogP contribution in [0.4, 0.5) is 0 Å². The van der Waals surface area contributed by atoms with Gasteiger partial charge in [0.15, 0.2) is 0 Å². The number of carbonyl (C=O) groups is 1. The number of carboxylic acid groups (broad SMARTS) is 1. The molecule has 108 valence electrons. The van der Waals surface area contributed by atoms with Crippen molar-refractivity contribution in [2.75, 3.05) is 0 Å². The highest BCUT2D eigenvalue weighted by Crippen LogP contribution is 2.20. The largest absolute Gasteiger partial charge is 0.480 e. The second kappa shape index (κ2) is 5.73. The Labute approximate surface area is 119 Å². The fourth-order valence-electron chi connectivity index (χ4n) is 1.56. The van der Waals surface area contributed by atoms with E-state index in [9.17, 15) is 13.2 Å². The lowest BCUT2D eigenvalue weighted by atomic mass is 10.3. The number of aromatic nitrogens is 2. The average molecular weight is 315 g/mol. The van der Waals surface area contributed by atoms with Crippen LogP contribution in [0.5, 0.6) is 0 Å². The third-order valence-corrected chi connectivity index (χ3v) is 5.47. The summed E-state index contributed by atoms with van der Waals surface area (Å²) in [5.41, 5.74) is 0. The van der Waals surface area contributed by atoms with Crippen molar-refractivity contribution >= 4 is 27.3 Å². The molecule has 0 fully saturated rings. The smallest absolute Gasteiger partial charge is 0.323 e. The first-order valence-corrected chi connectivity index (χ1v) is 7.97. The van der Waals surface area contributed by atoms with Crippen molar-refractivity contribution in [3.63, 3.8) is 0 Å². The third kappa shape index (κ3) is 3.44. The first-order chi connectivity index (χ1) is 9.38. The van der Waals surface area contributed by atoms with Gasteiger partial charge in [-0.3, -0.25) is 9.48 Å². The molecule has 20 heavy (non-hydrogen) atoms. The first kappa shape index (κ1) is 14.7. The summed E-state index contributed by atoms with van der Waals surface area (Å²) in [6.45, 7) is 1.70. The predicted molar refractivity (Wildman–Crippen MR) is 73.0 cm³/mol. The molecule has 0 radical (unpaired) electrons. The van der Waals surface area contributed by atoms with Gasteiger partial charge in [-0.2, -0.15) is 9.82 Å². The van der Waals surface area contributed by atoms with E-state index in [0.717, 1.165) is 16.2 Å². The zero-order valence-electron chi connectivity index (χ0n) is 10.6. The number of hydrogen-bond acceptors (Lipinski definition) is 5. The van der Waals surface area contributed by atoms with Crippen LogP contribution >= 0.6 is 11.3 Å². The van der Waals surface area contributed by atoms with E-state index in [2.05, 4.69) is 9.82 Å². The van der Waals surface area contributed by atoms with E-state index >= 15 is 0 Å². The molecule has 0 aliphatic carbocycles. The molecule has 2 N–H and O–H groups in total. The molecule has 0 aromatic carbocycles. The summed E-state index contributed by atoms with van der Waals surface area (Å²) >= 11 is 1.09. The van der Waals surface area contributed by atoms with Gasteiger partial charge >= 0.3 is 5.97 Å². The van der Waals surface area contributed by atoms with Gasteiger partial charge in [0.25, 0.3) is 10.0 Å². The normalized spacial score (nSPS) is 13.2. The number of hydrogen-bond donors (Lipinski definition) is 2. The molecule has 0 aliphatic rings. The Bertz CT molecular complexity index is 691. The minimum Gasteiger partial charge on any atom is -0.480 e. The van der Waals surface area contributed by atoms with Crippen LogP contribution in [0.25, 0.3) is 0 Å². The van der Waals surface area contributed by atoms with E-state index in [0.29, 0.717) is 0 Å². The molecule has 0 saturated carbocycles. The van der Waals surface area contributed by atoms with Crippen molar-refractivity contribution in [3.8, 4) is 0 Å². The summed E-state index contributed by atoms with van der Waals surface area (Å²) in [5.74, 6) is -1.25. The van der Waals surface area contributed by atoms with Crippen molar-refractivity contribution in [1.82, 2.24) is 14.5 Å². The number of aliphatic carboxylic acids is 1. The highest BCUT2D eigenvalue weighted by Gasteiger charge is 2.26. The summed E-state index contributed by atoms with van der Waals surface area (Å²) in [6.07, 6.45) is 3.07. The maximum atomic E-state index is 12.1. The maximum Gasteiger partial charge on any atom is 0.323 e. The minimum absolute atomic E-state index is 0.0775. The van der Waals surface area contributed by atoms with Crippen LogP contribution in [0.15, 0.2) is 34.8 Å². The van der Waals surface area contributed by atoms with Gasteiger partial charge in [0.1, 0.15) is 10.3 Å². The summed E-state index contributed by atoms with van der Waals surface area (Å²) < 4.78 is 27.8. The predicted octanol–water partition coefficient (Wildman–Crippen LogP) is 0.685. The Balaban J connectivity index is 2.17. The second-order valence-corrected chi connectivity index (χ2v) is 7.33. The van der Waals surface area contributed by atoms with E-state index < -0.39 is 22.0 Å². The molecule has 0 spiro atoms. The molecule has 2 aromatic rings. The number of aryl methyl sites for hydroxylation is 1. The van der Waals surface area contributed by atoms with E-state index in [1.165, 1.54) is 16.9 Å². The average Bonchev–Trinajstić information content (AvgIpc) is 2.99. The lowest BCUT2D eigenvalue weighted by Gasteiger charge is -2.14. The van der Waals surface area contributed by atoms with Gasteiger partial charge in [0.2, 0.25) is 0 Å². The van der Waals surface area contributed by atoms with Crippen LogP contribution in [0.2, 0.25) is 0 Å². The molecule has 2 rings (SSSR count). The zero-order chi connectivity index (χ0) is 14.8. The fourth-order valence-corrected chi connectivity index (χ4v) is 4.04. The van der Waals surface area contributed by atoms with Crippen LogP contribution < -0.4 is 4.72 Å². The van der Waals surface area contributed by atoms with Gasteiger partial charge in [0.05, 0.1) is 6.54 Å². The van der Waals surface area contributed by atoms with Crippen molar-refractivity contribution < 1.29 is 18.3 Å². The zero-order valence-corrected chi connectivity index (χ0v) is 12.2. The Morgan fingerprint density at radius 2 is 2.30 bits per heavy atom. The van der Waals surface area contributed by atoms with Gasteiger partial charge in [-0.05, 0) is 25.1 Å². The number of sulfonamides is 1. The molecule has 0 amide bonds. The maximum absolute atomic E-state index is 12.1. The molecule has 2 heterocycles. The van der Waals surface area contributed by atoms with E-state index in [4.69, 9.17) is 5.11 Å². The van der Waals surface area contributed by atoms with Gasteiger partial charge in [-0.1, -0.05) is 0 Å². The number of nitrogens with zero attached hydrogens (tertiary/aromatic N) is 2. The number of thiophene rings is 1. The highest BCUT2D eigenvalue weighted by molar-refractivity contribution is 7.91. The lowest BCUT2D eigenvalue weighted by Crippen LogP contribution is -2.43. The first-order valence-electron chi connectivity index (χ1n) is 5.67. The molecular weight excluding hydrogens is 302 g/mol. The number of rotatable bonds is 6.